The molecule has 2 aliphatic heterocycles. The van der Waals surface area contributed by atoms with Gasteiger partial charge in [-0.1, -0.05) is 15.9 Å². The third kappa shape index (κ3) is 3.72. The monoisotopic (exact) mass is 395 g/mol. The number of carbonyl (C=O) groups is 2. The Morgan fingerprint density at radius 3 is 3.08 bits per heavy atom. The highest BCUT2D eigenvalue weighted by Crippen LogP contribution is 2.34. The van der Waals surface area contributed by atoms with Gasteiger partial charge in [0.1, 0.15) is 12.3 Å². The molecule has 2 aliphatic rings. The van der Waals surface area contributed by atoms with Crippen LogP contribution >= 0.6 is 15.9 Å². The summed E-state index contributed by atoms with van der Waals surface area (Å²) in [5.74, 6) is 0.932. The van der Waals surface area contributed by atoms with Gasteiger partial charge in [0, 0.05) is 17.6 Å². The van der Waals surface area contributed by atoms with E-state index in [1.54, 1.807) is 0 Å². The maximum Gasteiger partial charge on any atom is 0.265 e. The lowest BCUT2D eigenvalue weighted by Crippen LogP contribution is -2.49. The molecule has 0 aromatic heterocycles. The average Bonchev–Trinajstić information content (AvgIpc) is 2.58. The predicted octanol–water partition coefficient (Wildman–Crippen LogP) is 1.63. The molecule has 3 rings (SSSR count). The maximum atomic E-state index is 12.7. The summed E-state index contributed by atoms with van der Waals surface area (Å²) in [7, 11) is 1.93. The highest BCUT2D eigenvalue weighted by molar-refractivity contribution is 9.10. The number of likely N-dealkylation sites (tertiary alicyclic amines) is 1. The Kier molecular flexibility index (Phi) is 5.40. The van der Waals surface area contributed by atoms with Gasteiger partial charge >= 0.3 is 0 Å². The van der Waals surface area contributed by atoms with Gasteiger partial charge in [0.05, 0.1) is 5.69 Å². The number of hydrogen-bond donors (Lipinski definition) is 1. The summed E-state index contributed by atoms with van der Waals surface area (Å²) in [4.78, 5) is 28.4. The number of nitrogens with zero attached hydrogens (tertiary/aromatic N) is 2. The van der Waals surface area contributed by atoms with Crippen molar-refractivity contribution in [3.05, 3.63) is 22.7 Å². The molecule has 6 nitrogen and oxygen atoms in total. The zero-order valence-corrected chi connectivity index (χ0v) is 15.3. The highest BCUT2D eigenvalue weighted by Gasteiger charge is 2.30. The predicted molar refractivity (Wildman–Crippen MR) is 95.2 cm³/mol. The van der Waals surface area contributed by atoms with E-state index in [0.29, 0.717) is 17.4 Å². The van der Waals surface area contributed by atoms with E-state index in [4.69, 9.17) is 4.74 Å². The maximum absolute atomic E-state index is 12.7. The Labute approximate surface area is 150 Å². The van der Waals surface area contributed by atoms with Crippen LogP contribution in [-0.2, 0) is 9.59 Å². The third-order valence-corrected chi connectivity index (χ3v) is 5.02. The molecule has 0 bridgehead atoms. The third-order valence-electron chi connectivity index (χ3n) is 4.52. The van der Waals surface area contributed by atoms with E-state index in [0.717, 1.165) is 36.9 Å². The summed E-state index contributed by atoms with van der Waals surface area (Å²) in [5, 5.41) is 3.18. The Hall–Kier alpha value is -1.60. The number of halogens is 1. The molecular weight excluding hydrogens is 374 g/mol. The summed E-state index contributed by atoms with van der Waals surface area (Å²) < 4.78 is 6.35. The van der Waals surface area contributed by atoms with Crippen LogP contribution in [0.1, 0.15) is 12.8 Å². The van der Waals surface area contributed by atoms with Crippen molar-refractivity contribution in [3.63, 3.8) is 0 Å². The SMILES string of the molecule is CNCC1CCCN(C(=O)CN2C(=O)COc3cc(Br)ccc32)C1. The van der Waals surface area contributed by atoms with Crippen molar-refractivity contribution in [3.8, 4) is 5.75 Å². The van der Waals surface area contributed by atoms with Crippen LogP contribution in [0.15, 0.2) is 22.7 Å². The van der Waals surface area contributed by atoms with Crippen molar-refractivity contribution in [1.82, 2.24) is 10.2 Å². The fraction of sp³-hybridized carbons (Fsp3) is 0.529. The zero-order chi connectivity index (χ0) is 17.1. The van der Waals surface area contributed by atoms with Crippen LogP contribution in [0.3, 0.4) is 0 Å². The molecule has 24 heavy (non-hydrogen) atoms. The standard InChI is InChI=1S/C17H22BrN3O3/c1-19-8-12-3-2-6-20(9-12)16(22)10-21-14-5-4-13(18)7-15(14)24-11-17(21)23/h4-5,7,12,19H,2-3,6,8-11H2,1H3. The molecule has 1 N–H and O–H groups in total. The largest absolute Gasteiger partial charge is 0.482 e. The Morgan fingerprint density at radius 2 is 2.29 bits per heavy atom. The summed E-state index contributed by atoms with van der Waals surface area (Å²) in [6.45, 7) is 2.48. The Morgan fingerprint density at radius 1 is 1.46 bits per heavy atom. The molecule has 0 aliphatic carbocycles. The molecule has 2 amide bonds. The lowest BCUT2D eigenvalue weighted by Gasteiger charge is -2.35. The number of nitrogens with one attached hydrogen (secondary N) is 1. The molecule has 1 unspecified atom stereocenters. The lowest BCUT2D eigenvalue weighted by molar-refractivity contribution is -0.133. The second kappa shape index (κ2) is 7.53. The summed E-state index contributed by atoms with van der Waals surface area (Å²) in [5.41, 5.74) is 0.659. The average molecular weight is 396 g/mol. The minimum absolute atomic E-state index is 0.0000724. The Bertz CT molecular complexity index is 636. The van der Waals surface area contributed by atoms with Gasteiger partial charge in [0.15, 0.2) is 6.61 Å². The van der Waals surface area contributed by atoms with Crippen LogP contribution in [0, 0.1) is 5.92 Å². The summed E-state index contributed by atoms with van der Waals surface area (Å²) in [6.07, 6.45) is 2.15. The number of carbonyl (C=O) groups excluding carboxylic acids is 2. The van der Waals surface area contributed by atoms with Gasteiger partial charge in [-0.15, -0.1) is 0 Å². The fourth-order valence-electron chi connectivity index (χ4n) is 3.33. The van der Waals surface area contributed by atoms with E-state index in [2.05, 4.69) is 21.2 Å². The van der Waals surface area contributed by atoms with E-state index in [-0.39, 0.29) is 25.0 Å². The normalized spacial score (nSPS) is 20.6. The molecule has 2 heterocycles. The molecule has 1 aromatic rings. The number of fused-ring (bicyclic) bond motifs is 1. The van der Waals surface area contributed by atoms with E-state index in [1.807, 2.05) is 30.1 Å². The molecule has 1 atom stereocenters. The van der Waals surface area contributed by atoms with Crippen LogP contribution in [0.2, 0.25) is 0 Å². The van der Waals surface area contributed by atoms with Crippen LogP contribution < -0.4 is 15.0 Å². The van der Waals surface area contributed by atoms with E-state index < -0.39 is 0 Å². The number of amides is 2. The number of piperidine rings is 1. The molecule has 7 heteroatoms. The van der Waals surface area contributed by atoms with E-state index in [9.17, 15) is 9.59 Å². The molecule has 1 saturated heterocycles. The Balaban J connectivity index is 1.71. The molecule has 0 saturated carbocycles. The molecule has 1 aromatic carbocycles. The second-order valence-corrected chi connectivity index (χ2v) is 7.20. The molecule has 0 spiro atoms. The van der Waals surface area contributed by atoms with Crippen molar-refractivity contribution in [2.45, 2.75) is 12.8 Å². The van der Waals surface area contributed by atoms with Gasteiger partial charge in [-0.3, -0.25) is 14.5 Å². The van der Waals surface area contributed by atoms with Gasteiger partial charge in [0.25, 0.3) is 5.91 Å². The fourth-order valence-corrected chi connectivity index (χ4v) is 3.67. The van der Waals surface area contributed by atoms with Crippen LogP contribution in [-0.4, -0.2) is 56.5 Å². The number of benzene rings is 1. The first-order valence-electron chi connectivity index (χ1n) is 8.23. The highest BCUT2D eigenvalue weighted by atomic mass is 79.9. The lowest BCUT2D eigenvalue weighted by atomic mass is 9.98. The summed E-state index contributed by atoms with van der Waals surface area (Å²) >= 11 is 3.40. The zero-order valence-electron chi connectivity index (χ0n) is 13.8. The van der Waals surface area contributed by atoms with E-state index in [1.165, 1.54) is 4.90 Å². The van der Waals surface area contributed by atoms with Crippen molar-refractivity contribution in [2.24, 2.45) is 5.92 Å². The van der Waals surface area contributed by atoms with Crippen LogP contribution in [0.5, 0.6) is 5.75 Å². The summed E-state index contributed by atoms with van der Waals surface area (Å²) in [6, 6.07) is 5.48. The minimum Gasteiger partial charge on any atom is -0.482 e. The number of ether oxygens (including phenoxy) is 1. The number of anilines is 1. The van der Waals surface area contributed by atoms with Crippen LogP contribution in [0.4, 0.5) is 5.69 Å². The van der Waals surface area contributed by atoms with Crippen molar-refractivity contribution < 1.29 is 14.3 Å². The van der Waals surface area contributed by atoms with Crippen molar-refractivity contribution in [1.29, 1.82) is 0 Å². The minimum atomic E-state index is -0.179. The second-order valence-electron chi connectivity index (χ2n) is 6.29. The van der Waals surface area contributed by atoms with Gasteiger partial charge in [0.2, 0.25) is 5.91 Å². The molecule has 1 fully saturated rings. The first-order chi connectivity index (χ1) is 11.6. The topological polar surface area (TPSA) is 61.9 Å². The van der Waals surface area contributed by atoms with Crippen molar-refractivity contribution in [2.75, 3.05) is 44.7 Å². The smallest absolute Gasteiger partial charge is 0.265 e. The first kappa shape index (κ1) is 17.2. The number of rotatable bonds is 4. The van der Waals surface area contributed by atoms with E-state index >= 15 is 0 Å². The van der Waals surface area contributed by atoms with Gasteiger partial charge in [-0.25, -0.2) is 0 Å². The molecule has 130 valence electrons. The van der Waals surface area contributed by atoms with Crippen LogP contribution in [0.25, 0.3) is 0 Å². The first-order valence-corrected chi connectivity index (χ1v) is 9.03. The molecular formula is C17H22BrN3O3. The van der Waals surface area contributed by atoms with Crippen molar-refractivity contribution >= 4 is 33.4 Å². The van der Waals surface area contributed by atoms with Gasteiger partial charge < -0.3 is 15.0 Å². The van der Waals surface area contributed by atoms with Gasteiger partial charge in [-0.2, -0.15) is 0 Å². The quantitative estimate of drug-likeness (QED) is 0.841. The number of hydrogen-bond acceptors (Lipinski definition) is 4. The molecule has 0 radical (unpaired) electrons. The van der Waals surface area contributed by atoms with Gasteiger partial charge in [-0.05, 0) is 50.6 Å².